The lowest BCUT2D eigenvalue weighted by Crippen LogP contribution is -2.28. The van der Waals surface area contributed by atoms with Crippen LogP contribution in [0.3, 0.4) is 0 Å². The fourth-order valence-corrected chi connectivity index (χ4v) is 5.35. The summed E-state index contributed by atoms with van der Waals surface area (Å²) in [6.07, 6.45) is 2.17. The Balaban J connectivity index is 1.29. The zero-order valence-corrected chi connectivity index (χ0v) is 20.3. The molecule has 5 aromatic rings. The van der Waals surface area contributed by atoms with Gasteiger partial charge < -0.3 is 4.42 Å². The number of para-hydroxylation sites is 1. The average molecular weight is 502 g/mol. The number of hydrazone groups is 1. The molecule has 1 aliphatic heterocycles. The van der Waals surface area contributed by atoms with Crippen LogP contribution in [-0.4, -0.2) is 37.0 Å². The molecule has 0 fully saturated rings. The Hall–Kier alpha value is -3.62. The molecule has 6 rings (SSSR count). The predicted molar refractivity (Wildman–Crippen MR) is 137 cm³/mol. The summed E-state index contributed by atoms with van der Waals surface area (Å²) in [7, 11) is 0. The highest BCUT2D eigenvalue weighted by Gasteiger charge is 2.35. The molecule has 9 heteroatoms. The van der Waals surface area contributed by atoms with Gasteiger partial charge in [0, 0.05) is 16.8 Å². The molecule has 35 heavy (non-hydrogen) atoms. The van der Waals surface area contributed by atoms with E-state index in [1.54, 1.807) is 6.26 Å². The second kappa shape index (κ2) is 8.87. The van der Waals surface area contributed by atoms with Crippen LogP contribution >= 0.6 is 23.4 Å². The fraction of sp³-hybridized carbons (Fsp3) is 0.154. The molecule has 1 unspecified atom stereocenters. The van der Waals surface area contributed by atoms with Gasteiger partial charge >= 0.3 is 0 Å². The Morgan fingerprint density at radius 2 is 1.94 bits per heavy atom. The predicted octanol–water partition coefficient (Wildman–Crippen LogP) is 5.91. The molecule has 3 aromatic heterocycles. The molecule has 1 amide bonds. The molecule has 0 N–H and O–H groups in total. The number of hydrogen-bond donors (Lipinski definition) is 0. The van der Waals surface area contributed by atoms with E-state index in [0.717, 1.165) is 33.4 Å². The second-order valence-corrected chi connectivity index (χ2v) is 9.72. The van der Waals surface area contributed by atoms with Crippen molar-refractivity contribution in [3.63, 3.8) is 0 Å². The van der Waals surface area contributed by atoms with Gasteiger partial charge in [0.15, 0.2) is 10.8 Å². The van der Waals surface area contributed by atoms with Gasteiger partial charge in [0.25, 0.3) is 5.91 Å². The number of aryl methyl sites for hydroxylation is 1. The van der Waals surface area contributed by atoms with Gasteiger partial charge in [-0.25, -0.2) is 5.01 Å². The number of carbonyl (C=O) groups is 1. The molecule has 174 valence electrons. The number of amides is 1. The number of fused-ring (bicyclic) bond motifs is 3. The molecule has 1 atom stereocenters. The van der Waals surface area contributed by atoms with Crippen LogP contribution in [0.15, 0.2) is 87.7 Å². The summed E-state index contributed by atoms with van der Waals surface area (Å²) < 4.78 is 7.64. The summed E-state index contributed by atoms with van der Waals surface area (Å²) in [5.41, 5.74) is 4.65. The first-order chi connectivity index (χ1) is 17.1. The van der Waals surface area contributed by atoms with Crippen molar-refractivity contribution in [1.82, 2.24) is 19.6 Å². The molecule has 7 nitrogen and oxygen atoms in total. The minimum atomic E-state index is -0.303. The number of nitrogens with zero attached hydrogens (tertiary/aromatic N) is 5. The first kappa shape index (κ1) is 21.9. The molecular weight excluding hydrogens is 482 g/mol. The fourth-order valence-electron chi connectivity index (χ4n) is 4.42. The van der Waals surface area contributed by atoms with Crippen LogP contribution in [0.25, 0.3) is 16.6 Å². The number of thioether (sulfide) groups is 1. The van der Waals surface area contributed by atoms with Gasteiger partial charge in [0.2, 0.25) is 0 Å². The number of aromatic nitrogens is 3. The van der Waals surface area contributed by atoms with Crippen LogP contribution < -0.4 is 0 Å². The first-order valence-corrected chi connectivity index (χ1v) is 12.5. The molecule has 0 bridgehead atoms. The summed E-state index contributed by atoms with van der Waals surface area (Å²) >= 11 is 7.40. The summed E-state index contributed by atoms with van der Waals surface area (Å²) in [6.45, 7) is 2.06. The third-order valence-corrected chi connectivity index (χ3v) is 7.28. The maximum Gasteiger partial charge on any atom is 0.253 e. The maximum absolute atomic E-state index is 13.4. The standard InChI is InChI=1S/C26H20ClN5O2S/c1-16-13-24-28-29-26(31(24)21-6-3-2-5-19(16)21)35-15-25(33)32-22(23-7-4-12-34-23)14-20(30-32)17-8-10-18(27)11-9-17/h2-13,22H,14-15H2,1H3. The van der Waals surface area contributed by atoms with Crippen molar-refractivity contribution in [2.75, 3.05) is 5.75 Å². The third-order valence-electron chi connectivity index (χ3n) is 6.11. The Morgan fingerprint density at radius 1 is 1.11 bits per heavy atom. The number of pyridine rings is 1. The topological polar surface area (TPSA) is 76.0 Å². The van der Waals surface area contributed by atoms with Crippen molar-refractivity contribution < 1.29 is 9.21 Å². The highest BCUT2D eigenvalue weighted by atomic mass is 35.5. The Bertz CT molecular complexity index is 1580. The van der Waals surface area contributed by atoms with E-state index in [2.05, 4.69) is 23.2 Å². The quantitative estimate of drug-likeness (QED) is 0.280. The first-order valence-electron chi connectivity index (χ1n) is 11.1. The van der Waals surface area contributed by atoms with Crippen molar-refractivity contribution in [2.45, 2.75) is 24.5 Å². The smallest absolute Gasteiger partial charge is 0.253 e. The van der Waals surface area contributed by atoms with Crippen LogP contribution in [0.4, 0.5) is 0 Å². The van der Waals surface area contributed by atoms with Crippen molar-refractivity contribution in [3.05, 3.63) is 94.9 Å². The van der Waals surface area contributed by atoms with Gasteiger partial charge in [-0.3, -0.25) is 9.20 Å². The van der Waals surface area contributed by atoms with Crippen LogP contribution in [-0.2, 0) is 4.79 Å². The zero-order valence-electron chi connectivity index (χ0n) is 18.8. The minimum absolute atomic E-state index is 0.131. The van der Waals surface area contributed by atoms with Gasteiger partial charge in [0.05, 0.1) is 23.2 Å². The van der Waals surface area contributed by atoms with Crippen molar-refractivity contribution in [3.8, 4) is 0 Å². The van der Waals surface area contributed by atoms with Gasteiger partial charge in [-0.05, 0) is 54.4 Å². The van der Waals surface area contributed by atoms with Gasteiger partial charge in [-0.15, -0.1) is 10.2 Å². The van der Waals surface area contributed by atoms with Crippen molar-refractivity contribution in [1.29, 1.82) is 0 Å². The van der Waals surface area contributed by atoms with E-state index in [1.807, 2.05) is 65.1 Å². The van der Waals surface area contributed by atoms with Crippen LogP contribution in [0.1, 0.15) is 29.3 Å². The highest BCUT2D eigenvalue weighted by Crippen LogP contribution is 2.34. The van der Waals surface area contributed by atoms with E-state index >= 15 is 0 Å². The summed E-state index contributed by atoms with van der Waals surface area (Å²) in [5.74, 6) is 0.733. The van der Waals surface area contributed by atoms with Gasteiger partial charge in [-0.1, -0.05) is 53.7 Å². The molecule has 0 aliphatic carbocycles. The van der Waals surface area contributed by atoms with E-state index in [-0.39, 0.29) is 17.7 Å². The summed E-state index contributed by atoms with van der Waals surface area (Å²) in [4.78, 5) is 13.4. The molecule has 0 spiro atoms. The SMILES string of the molecule is Cc1cc2nnc(SCC(=O)N3N=C(c4ccc(Cl)cc4)CC3c3ccco3)n2c2ccccc12. The number of halogens is 1. The average Bonchev–Trinajstić information content (AvgIpc) is 3.63. The van der Waals surface area contributed by atoms with Crippen molar-refractivity contribution in [2.24, 2.45) is 5.10 Å². The highest BCUT2D eigenvalue weighted by molar-refractivity contribution is 7.99. The lowest BCUT2D eigenvalue weighted by atomic mass is 10.0. The van der Waals surface area contributed by atoms with Crippen LogP contribution in [0.2, 0.25) is 5.02 Å². The molecule has 0 saturated heterocycles. The molecule has 0 saturated carbocycles. The van der Waals surface area contributed by atoms with Crippen molar-refractivity contribution >= 4 is 51.5 Å². The zero-order chi connectivity index (χ0) is 23.9. The monoisotopic (exact) mass is 501 g/mol. The largest absolute Gasteiger partial charge is 0.467 e. The maximum atomic E-state index is 13.4. The number of rotatable bonds is 5. The number of benzene rings is 2. The lowest BCUT2D eigenvalue weighted by Gasteiger charge is -2.19. The molecule has 1 aliphatic rings. The Labute approximate surface area is 210 Å². The molecular formula is C26H20ClN5O2S. The van der Waals surface area contributed by atoms with Crippen LogP contribution in [0, 0.1) is 6.92 Å². The van der Waals surface area contributed by atoms with Gasteiger partial charge in [-0.2, -0.15) is 5.10 Å². The summed E-state index contributed by atoms with van der Waals surface area (Å²) in [5, 5.41) is 17.4. The normalized spacial score (nSPS) is 15.8. The Kier molecular flexibility index (Phi) is 5.54. The van der Waals surface area contributed by atoms with E-state index in [4.69, 9.17) is 21.1 Å². The number of furan rings is 1. The molecule has 0 radical (unpaired) electrons. The number of hydrogen-bond acceptors (Lipinski definition) is 6. The van der Waals surface area contributed by atoms with E-state index in [1.165, 1.54) is 16.8 Å². The van der Waals surface area contributed by atoms with Crippen LogP contribution in [0.5, 0.6) is 0 Å². The third kappa shape index (κ3) is 3.98. The van der Waals surface area contributed by atoms with E-state index in [0.29, 0.717) is 22.4 Å². The van der Waals surface area contributed by atoms with E-state index < -0.39 is 0 Å². The van der Waals surface area contributed by atoms with Gasteiger partial charge in [0.1, 0.15) is 11.8 Å². The lowest BCUT2D eigenvalue weighted by molar-refractivity contribution is -0.130. The minimum Gasteiger partial charge on any atom is -0.467 e. The second-order valence-electron chi connectivity index (χ2n) is 8.34. The summed E-state index contributed by atoms with van der Waals surface area (Å²) in [6, 6.07) is 21.0. The molecule has 4 heterocycles. The Morgan fingerprint density at radius 3 is 2.74 bits per heavy atom. The molecule has 2 aromatic carbocycles. The number of carbonyl (C=O) groups excluding carboxylic acids is 1. The van der Waals surface area contributed by atoms with E-state index in [9.17, 15) is 4.79 Å².